The zero-order valence-electron chi connectivity index (χ0n) is 13.2. The van der Waals surface area contributed by atoms with Crippen molar-refractivity contribution in [3.05, 3.63) is 23.8 Å². The molecular weight excluding hydrogens is 270 g/mol. The first-order chi connectivity index (χ1) is 10.1. The van der Waals surface area contributed by atoms with E-state index in [-0.39, 0.29) is 18.6 Å². The molecule has 5 heteroatoms. The zero-order valence-corrected chi connectivity index (χ0v) is 13.2. The Kier molecular flexibility index (Phi) is 7.02. The molecule has 21 heavy (non-hydrogen) atoms. The van der Waals surface area contributed by atoms with Crippen molar-refractivity contribution in [3.8, 4) is 11.5 Å². The summed E-state index contributed by atoms with van der Waals surface area (Å²) < 4.78 is 10.9. The van der Waals surface area contributed by atoms with Crippen molar-refractivity contribution in [2.45, 2.75) is 52.4 Å². The van der Waals surface area contributed by atoms with Gasteiger partial charge < -0.3 is 19.9 Å². The summed E-state index contributed by atoms with van der Waals surface area (Å²) in [6.07, 6.45) is 1.10. The number of carbonyl (C=O) groups excluding carboxylic acids is 1. The molecular formula is C16H25NO4. The van der Waals surface area contributed by atoms with Gasteiger partial charge >= 0.3 is 0 Å². The van der Waals surface area contributed by atoms with Gasteiger partial charge in [0.25, 0.3) is 5.91 Å². The quantitative estimate of drug-likeness (QED) is 0.772. The molecule has 0 aliphatic heterocycles. The summed E-state index contributed by atoms with van der Waals surface area (Å²) in [6, 6.07) is 5.40. The van der Waals surface area contributed by atoms with Crippen LogP contribution in [-0.4, -0.2) is 30.3 Å². The summed E-state index contributed by atoms with van der Waals surface area (Å²) in [5.74, 6) is 0.747. The minimum atomic E-state index is -0.660. The van der Waals surface area contributed by atoms with E-state index in [1.54, 1.807) is 25.1 Å². The molecule has 0 spiro atoms. The summed E-state index contributed by atoms with van der Waals surface area (Å²) in [6.45, 7) is 5.58. The number of hydrogen-bond donors (Lipinski definition) is 2. The number of aliphatic hydroxyl groups excluding tert-OH is 1. The van der Waals surface area contributed by atoms with Crippen LogP contribution in [0.5, 0.6) is 11.5 Å². The Labute approximate surface area is 126 Å². The molecule has 0 heterocycles. The van der Waals surface area contributed by atoms with Gasteiger partial charge in [-0.05, 0) is 25.8 Å². The number of hydrogen-bond acceptors (Lipinski definition) is 4. The van der Waals surface area contributed by atoms with Gasteiger partial charge in [-0.1, -0.05) is 26.0 Å². The van der Waals surface area contributed by atoms with Crippen molar-refractivity contribution >= 4 is 5.91 Å². The third-order valence-corrected chi connectivity index (χ3v) is 3.45. The second-order valence-corrected chi connectivity index (χ2v) is 4.89. The van der Waals surface area contributed by atoms with Crippen LogP contribution in [0.15, 0.2) is 18.2 Å². The standard InChI is InChI=1S/C16H25NO4/c1-5-13(6-2)17-16(19)11(3)21-15-12(10-18)8-7-9-14(15)20-4/h7-9,11,13,18H,5-6,10H2,1-4H3,(H,17,19). The maximum Gasteiger partial charge on any atom is 0.260 e. The number of amides is 1. The average molecular weight is 295 g/mol. The lowest BCUT2D eigenvalue weighted by atomic mass is 10.1. The monoisotopic (exact) mass is 295 g/mol. The molecule has 118 valence electrons. The second kappa shape index (κ2) is 8.52. The molecule has 0 radical (unpaired) electrons. The number of carbonyl (C=O) groups is 1. The van der Waals surface area contributed by atoms with E-state index < -0.39 is 6.10 Å². The van der Waals surface area contributed by atoms with E-state index in [1.807, 2.05) is 13.8 Å². The molecule has 1 aromatic carbocycles. The van der Waals surface area contributed by atoms with Gasteiger partial charge in [0, 0.05) is 11.6 Å². The average Bonchev–Trinajstić information content (AvgIpc) is 2.52. The molecule has 5 nitrogen and oxygen atoms in total. The summed E-state index contributed by atoms with van der Waals surface area (Å²) in [5.41, 5.74) is 0.594. The lowest BCUT2D eigenvalue weighted by Crippen LogP contribution is -2.42. The highest BCUT2D eigenvalue weighted by atomic mass is 16.5. The molecule has 2 N–H and O–H groups in total. The van der Waals surface area contributed by atoms with Crippen LogP contribution in [0.2, 0.25) is 0 Å². The first-order valence-corrected chi connectivity index (χ1v) is 7.31. The van der Waals surface area contributed by atoms with Gasteiger partial charge in [0.15, 0.2) is 17.6 Å². The molecule has 0 saturated carbocycles. The molecule has 1 amide bonds. The minimum absolute atomic E-state index is 0.151. The maximum atomic E-state index is 12.1. The predicted molar refractivity (Wildman–Crippen MR) is 81.5 cm³/mol. The molecule has 0 aromatic heterocycles. The number of methoxy groups -OCH3 is 1. The van der Waals surface area contributed by atoms with Gasteiger partial charge in [-0.3, -0.25) is 4.79 Å². The molecule has 1 rings (SSSR count). The van der Waals surface area contributed by atoms with E-state index in [1.165, 1.54) is 7.11 Å². The van der Waals surface area contributed by atoms with Gasteiger partial charge in [0.05, 0.1) is 13.7 Å². The van der Waals surface area contributed by atoms with Gasteiger partial charge in [0.1, 0.15) is 0 Å². The molecule has 1 atom stereocenters. The molecule has 0 fully saturated rings. The normalized spacial score (nSPS) is 12.1. The van der Waals surface area contributed by atoms with Crippen molar-refractivity contribution < 1.29 is 19.4 Å². The second-order valence-electron chi connectivity index (χ2n) is 4.89. The largest absolute Gasteiger partial charge is 0.493 e. The Morgan fingerprint density at radius 2 is 2.00 bits per heavy atom. The SMILES string of the molecule is CCC(CC)NC(=O)C(C)Oc1c(CO)cccc1OC. The number of benzene rings is 1. The van der Waals surface area contributed by atoms with E-state index in [9.17, 15) is 9.90 Å². The van der Waals surface area contributed by atoms with E-state index >= 15 is 0 Å². The Balaban J connectivity index is 2.82. The topological polar surface area (TPSA) is 67.8 Å². The smallest absolute Gasteiger partial charge is 0.260 e. The first kappa shape index (κ1) is 17.3. The molecule has 0 aliphatic rings. The summed E-state index contributed by atoms with van der Waals surface area (Å²) in [5, 5.41) is 12.3. The Morgan fingerprint density at radius 1 is 1.33 bits per heavy atom. The summed E-state index contributed by atoms with van der Waals surface area (Å²) >= 11 is 0. The van der Waals surface area contributed by atoms with Crippen LogP contribution in [0.25, 0.3) is 0 Å². The molecule has 0 aliphatic carbocycles. The molecule has 1 unspecified atom stereocenters. The fraction of sp³-hybridized carbons (Fsp3) is 0.562. The Morgan fingerprint density at radius 3 is 2.52 bits per heavy atom. The third kappa shape index (κ3) is 4.63. The van der Waals surface area contributed by atoms with Crippen LogP contribution < -0.4 is 14.8 Å². The summed E-state index contributed by atoms with van der Waals surface area (Å²) in [7, 11) is 1.53. The van der Waals surface area contributed by atoms with Gasteiger partial charge in [-0.2, -0.15) is 0 Å². The number of para-hydroxylation sites is 1. The third-order valence-electron chi connectivity index (χ3n) is 3.45. The van der Waals surface area contributed by atoms with Crippen LogP contribution in [0, 0.1) is 0 Å². The molecule has 0 bridgehead atoms. The minimum Gasteiger partial charge on any atom is -0.493 e. The van der Waals surface area contributed by atoms with E-state index in [0.29, 0.717) is 17.1 Å². The summed E-state index contributed by atoms with van der Waals surface area (Å²) in [4.78, 5) is 12.1. The molecule has 0 saturated heterocycles. The number of nitrogens with one attached hydrogen (secondary N) is 1. The van der Waals surface area contributed by atoms with E-state index in [4.69, 9.17) is 9.47 Å². The lowest BCUT2D eigenvalue weighted by Gasteiger charge is -2.21. The van der Waals surface area contributed by atoms with Crippen molar-refractivity contribution in [2.75, 3.05) is 7.11 Å². The first-order valence-electron chi connectivity index (χ1n) is 7.31. The van der Waals surface area contributed by atoms with Gasteiger partial charge in [-0.25, -0.2) is 0 Å². The maximum absolute atomic E-state index is 12.1. The van der Waals surface area contributed by atoms with Crippen molar-refractivity contribution in [3.63, 3.8) is 0 Å². The van der Waals surface area contributed by atoms with Crippen LogP contribution in [0.4, 0.5) is 0 Å². The highest BCUT2D eigenvalue weighted by molar-refractivity contribution is 5.81. The number of aliphatic hydroxyl groups is 1. The van der Waals surface area contributed by atoms with Crippen molar-refractivity contribution in [1.29, 1.82) is 0 Å². The lowest BCUT2D eigenvalue weighted by molar-refractivity contribution is -0.128. The van der Waals surface area contributed by atoms with Crippen LogP contribution in [0.3, 0.4) is 0 Å². The Hall–Kier alpha value is -1.75. The fourth-order valence-corrected chi connectivity index (χ4v) is 2.02. The van der Waals surface area contributed by atoms with Crippen LogP contribution >= 0.6 is 0 Å². The number of rotatable bonds is 8. The van der Waals surface area contributed by atoms with Crippen LogP contribution in [-0.2, 0) is 11.4 Å². The van der Waals surface area contributed by atoms with Crippen molar-refractivity contribution in [2.24, 2.45) is 0 Å². The van der Waals surface area contributed by atoms with Crippen LogP contribution in [0.1, 0.15) is 39.2 Å². The molecule has 1 aromatic rings. The predicted octanol–water partition coefficient (Wildman–Crippen LogP) is 2.26. The Bertz CT molecular complexity index is 435. The van der Waals surface area contributed by atoms with Crippen molar-refractivity contribution in [1.82, 2.24) is 5.32 Å². The highest BCUT2D eigenvalue weighted by Crippen LogP contribution is 2.32. The van der Waals surface area contributed by atoms with Gasteiger partial charge in [-0.15, -0.1) is 0 Å². The highest BCUT2D eigenvalue weighted by Gasteiger charge is 2.20. The zero-order chi connectivity index (χ0) is 15.8. The van der Waals surface area contributed by atoms with Gasteiger partial charge in [0.2, 0.25) is 0 Å². The van der Waals surface area contributed by atoms with E-state index in [0.717, 1.165) is 12.8 Å². The number of ether oxygens (including phenoxy) is 2. The van der Waals surface area contributed by atoms with E-state index in [2.05, 4.69) is 5.32 Å². The fourth-order valence-electron chi connectivity index (χ4n) is 2.02.